The smallest absolute Gasteiger partial charge is 0.138 e. The van der Waals surface area contributed by atoms with Gasteiger partial charge in [0.05, 0.1) is 17.9 Å². The molecule has 0 unspecified atom stereocenters. The van der Waals surface area contributed by atoms with Gasteiger partial charge in [0, 0.05) is 18.4 Å². The Balaban J connectivity index is 1.67. The first-order valence-corrected chi connectivity index (χ1v) is 6.56. The second-order valence-electron chi connectivity index (χ2n) is 4.38. The van der Waals surface area contributed by atoms with Crippen molar-refractivity contribution in [2.75, 3.05) is 5.32 Å². The van der Waals surface area contributed by atoms with Gasteiger partial charge < -0.3 is 5.32 Å². The third-order valence-electron chi connectivity index (χ3n) is 3.13. The van der Waals surface area contributed by atoms with Crippen LogP contribution in [-0.4, -0.2) is 24.5 Å². The molecule has 0 saturated heterocycles. The van der Waals surface area contributed by atoms with Crippen LogP contribution < -0.4 is 5.32 Å². The summed E-state index contributed by atoms with van der Waals surface area (Å²) in [7, 11) is 0. The molecule has 6 nitrogen and oxygen atoms in total. The topological polar surface area (TPSA) is 60.6 Å². The Bertz CT molecular complexity index is 653. The summed E-state index contributed by atoms with van der Waals surface area (Å²) in [6, 6.07) is 10.1. The lowest BCUT2D eigenvalue weighted by atomic mass is 10.2. The molecule has 20 heavy (non-hydrogen) atoms. The van der Waals surface area contributed by atoms with Gasteiger partial charge in [-0.3, -0.25) is 4.68 Å². The van der Waals surface area contributed by atoms with Crippen LogP contribution in [-0.2, 0) is 13.1 Å². The first-order chi connectivity index (χ1) is 9.86. The maximum Gasteiger partial charge on any atom is 0.138 e. The van der Waals surface area contributed by atoms with Crippen LogP contribution in [0.5, 0.6) is 0 Å². The van der Waals surface area contributed by atoms with Gasteiger partial charge in [0.25, 0.3) is 0 Å². The molecule has 0 radical (unpaired) electrons. The van der Waals surface area contributed by atoms with Gasteiger partial charge in [0.15, 0.2) is 0 Å². The molecule has 2 aromatic heterocycles. The highest BCUT2D eigenvalue weighted by atomic mass is 15.3. The lowest BCUT2D eigenvalue weighted by Gasteiger charge is -2.09. The zero-order chi connectivity index (χ0) is 13.8. The average Bonchev–Trinajstić information content (AvgIpc) is 3.16. The summed E-state index contributed by atoms with van der Waals surface area (Å²) in [5, 5.41) is 11.7. The van der Waals surface area contributed by atoms with Crippen LogP contribution in [0.1, 0.15) is 12.6 Å². The average molecular weight is 268 g/mol. The molecule has 2 heterocycles. The molecule has 3 rings (SSSR count). The van der Waals surface area contributed by atoms with E-state index in [-0.39, 0.29) is 0 Å². The normalized spacial score (nSPS) is 10.7. The number of aromatic nitrogens is 5. The Morgan fingerprint density at radius 2 is 1.95 bits per heavy atom. The SMILES string of the molecule is CCn1nccc1CNc1ccc(-n2cncn2)cc1. The zero-order valence-corrected chi connectivity index (χ0v) is 11.3. The minimum Gasteiger partial charge on any atom is -0.379 e. The van der Waals surface area contributed by atoms with Gasteiger partial charge in [-0.2, -0.15) is 10.2 Å². The quantitative estimate of drug-likeness (QED) is 0.769. The van der Waals surface area contributed by atoms with E-state index in [0.29, 0.717) is 0 Å². The van der Waals surface area contributed by atoms with E-state index in [2.05, 4.69) is 27.4 Å². The van der Waals surface area contributed by atoms with Gasteiger partial charge in [0.1, 0.15) is 12.7 Å². The zero-order valence-electron chi connectivity index (χ0n) is 11.3. The highest BCUT2D eigenvalue weighted by molar-refractivity contribution is 5.48. The van der Waals surface area contributed by atoms with Crippen LogP contribution in [0.15, 0.2) is 49.2 Å². The maximum absolute atomic E-state index is 4.25. The van der Waals surface area contributed by atoms with Crippen LogP contribution in [0, 0.1) is 0 Å². The molecular weight excluding hydrogens is 252 g/mol. The maximum atomic E-state index is 4.25. The van der Waals surface area contributed by atoms with Crippen molar-refractivity contribution in [2.24, 2.45) is 0 Å². The predicted octanol–water partition coefficient (Wildman–Crippen LogP) is 2.10. The molecule has 0 aliphatic carbocycles. The van der Waals surface area contributed by atoms with Crippen LogP contribution in [0.4, 0.5) is 5.69 Å². The molecule has 0 spiro atoms. The summed E-state index contributed by atoms with van der Waals surface area (Å²) < 4.78 is 3.71. The van der Waals surface area contributed by atoms with Crippen LogP contribution >= 0.6 is 0 Å². The van der Waals surface area contributed by atoms with E-state index >= 15 is 0 Å². The van der Waals surface area contributed by atoms with Crippen molar-refractivity contribution < 1.29 is 0 Å². The monoisotopic (exact) mass is 268 g/mol. The fraction of sp³-hybridized carbons (Fsp3) is 0.214. The number of hydrogen-bond donors (Lipinski definition) is 1. The van der Waals surface area contributed by atoms with E-state index in [4.69, 9.17) is 0 Å². The summed E-state index contributed by atoms with van der Waals surface area (Å²) in [5.74, 6) is 0. The van der Waals surface area contributed by atoms with Crippen molar-refractivity contribution in [2.45, 2.75) is 20.0 Å². The van der Waals surface area contributed by atoms with E-state index in [1.165, 1.54) is 12.0 Å². The fourth-order valence-electron chi connectivity index (χ4n) is 2.06. The minimum atomic E-state index is 0.760. The molecule has 0 aliphatic rings. The fourth-order valence-corrected chi connectivity index (χ4v) is 2.06. The minimum absolute atomic E-state index is 0.760. The number of benzene rings is 1. The first kappa shape index (κ1) is 12.4. The Labute approximate surface area is 117 Å². The molecule has 0 fully saturated rings. The van der Waals surface area contributed by atoms with Crippen molar-refractivity contribution in [3.63, 3.8) is 0 Å². The molecule has 0 amide bonds. The van der Waals surface area contributed by atoms with Crippen molar-refractivity contribution >= 4 is 5.69 Å². The molecule has 0 atom stereocenters. The molecule has 0 bridgehead atoms. The second-order valence-corrected chi connectivity index (χ2v) is 4.38. The Hall–Kier alpha value is -2.63. The molecule has 6 heteroatoms. The summed E-state index contributed by atoms with van der Waals surface area (Å²) in [5.41, 5.74) is 3.23. The van der Waals surface area contributed by atoms with Gasteiger partial charge in [-0.1, -0.05) is 0 Å². The lowest BCUT2D eigenvalue weighted by Crippen LogP contribution is -2.07. The molecular formula is C14H16N6. The molecule has 0 aliphatic heterocycles. The largest absolute Gasteiger partial charge is 0.379 e. The van der Waals surface area contributed by atoms with Crippen LogP contribution in [0.2, 0.25) is 0 Å². The van der Waals surface area contributed by atoms with Crippen LogP contribution in [0.25, 0.3) is 5.69 Å². The summed E-state index contributed by atoms with van der Waals surface area (Å²) >= 11 is 0. The van der Waals surface area contributed by atoms with Crippen molar-refractivity contribution in [3.05, 3.63) is 54.9 Å². The number of rotatable bonds is 5. The number of anilines is 1. The first-order valence-electron chi connectivity index (χ1n) is 6.56. The lowest BCUT2D eigenvalue weighted by molar-refractivity contribution is 0.627. The highest BCUT2D eigenvalue weighted by Gasteiger charge is 2.01. The summed E-state index contributed by atoms with van der Waals surface area (Å²) in [4.78, 5) is 3.94. The molecule has 102 valence electrons. The summed E-state index contributed by atoms with van der Waals surface area (Å²) in [6.07, 6.45) is 5.04. The predicted molar refractivity (Wildman–Crippen MR) is 76.6 cm³/mol. The number of aryl methyl sites for hydroxylation is 1. The van der Waals surface area contributed by atoms with E-state index in [0.717, 1.165) is 24.5 Å². The van der Waals surface area contributed by atoms with E-state index in [1.54, 1.807) is 11.0 Å². The van der Waals surface area contributed by atoms with Gasteiger partial charge in [-0.25, -0.2) is 9.67 Å². The third-order valence-corrected chi connectivity index (χ3v) is 3.13. The Morgan fingerprint density at radius 1 is 1.10 bits per heavy atom. The Kier molecular flexibility index (Phi) is 3.45. The Morgan fingerprint density at radius 3 is 2.65 bits per heavy atom. The highest BCUT2D eigenvalue weighted by Crippen LogP contribution is 2.13. The van der Waals surface area contributed by atoms with E-state index in [1.807, 2.05) is 41.2 Å². The molecule has 1 N–H and O–H groups in total. The molecule has 3 aromatic rings. The standard InChI is InChI=1S/C14H16N6/c1-2-19-14(7-8-17-19)9-16-12-3-5-13(6-4-12)20-11-15-10-18-20/h3-8,10-11,16H,2,9H2,1H3. The van der Waals surface area contributed by atoms with Gasteiger partial charge >= 0.3 is 0 Å². The van der Waals surface area contributed by atoms with Crippen molar-refractivity contribution in [1.29, 1.82) is 0 Å². The van der Waals surface area contributed by atoms with Gasteiger partial charge in [-0.15, -0.1) is 0 Å². The molecule has 1 aromatic carbocycles. The number of nitrogens with one attached hydrogen (secondary N) is 1. The third kappa shape index (κ3) is 2.54. The van der Waals surface area contributed by atoms with Crippen LogP contribution in [0.3, 0.4) is 0 Å². The van der Waals surface area contributed by atoms with Crippen molar-refractivity contribution in [1.82, 2.24) is 24.5 Å². The van der Waals surface area contributed by atoms with Crippen molar-refractivity contribution in [3.8, 4) is 5.69 Å². The van der Waals surface area contributed by atoms with E-state index in [9.17, 15) is 0 Å². The second kappa shape index (κ2) is 5.56. The molecule has 0 saturated carbocycles. The van der Waals surface area contributed by atoms with Gasteiger partial charge in [0.2, 0.25) is 0 Å². The van der Waals surface area contributed by atoms with Gasteiger partial charge in [-0.05, 0) is 37.3 Å². The number of hydrogen-bond acceptors (Lipinski definition) is 4. The summed E-state index contributed by atoms with van der Waals surface area (Å²) in [6.45, 7) is 3.73. The number of nitrogens with zero attached hydrogens (tertiary/aromatic N) is 5. The van der Waals surface area contributed by atoms with E-state index < -0.39 is 0 Å².